The predicted octanol–water partition coefficient (Wildman–Crippen LogP) is 2.47. The molecule has 0 unspecified atom stereocenters. The predicted molar refractivity (Wildman–Crippen MR) is 70.1 cm³/mol. The lowest BCUT2D eigenvalue weighted by molar-refractivity contribution is 0.301. The third-order valence-electron chi connectivity index (χ3n) is 2.85. The van der Waals surface area contributed by atoms with Gasteiger partial charge in [-0.2, -0.15) is 5.26 Å². The number of nitrogens with zero attached hydrogens (tertiary/aromatic N) is 2. The third kappa shape index (κ3) is 3.76. The monoisotopic (exact) mass is 232 g/mol. The second-order valence-corrected chi connectivity index (χ2v) is 4.18. The summed E-state index contributed by atoms with van der Waals surface area (Å²) in [6, 6.07) is 7.99. The van der Waals surface area contributed by atoms with Gasteiger partial charge in [0.05, 0.1) is 18.2 Å². The van der Waals surface area contributed by atoms with E-state index in [-0.39, 0.29) is 6.61 Å². The highest BCUT2D eigenvalue weighted by atomic mass is 16.3. The average Bonchev–Trinajstić information content (AvgIpc) is 2.34. The number of aliphatic hydroxyl groups is 1. The summed E-state index contributed by atoms with van der Waals surface area (Å²) in [5, 5.41) is 18.0. The number of anilines is 1. The molecule has 1 aromatic rings. The lowest BCUT2D eigenvalue weighted by Gasteiger charge is -2.24. The summed E-state index contributed by atoms with van der Waals surface area (Å²) < 4.78 is 0. The first-order chi connectivity index (χ1) is 8.22. The number of aliphatic hydroxyl groups excluding tert-OH is 1. The molecule has 1 rings (SSSR count). The molecular formula is C14H20N2O. The number of benzene rings is 1. The fourth-order valence-corrected chi connectivity index (χ4v) is 1.81. The standard InChI is InChI=1S/C14H20N2O/c1-3-4-7-16(8-9-17)14-6-5-13(11-15)12(2)10-14/h5-6,10,17H,3-4,7-9H2,1-2H3. The van der Waals surface area contributed by atoms with Crippen LogP contribution < -0.4 is 4.90 Å². The SMILES string of the molecule is CCCCN(CCO)c1ccc(C#N)c(C)c1. The molecule has 0 atom stereocenters. The molecule has 0 aliphatic heterocycles. The van der Waals surface area contributed by atoms with Crippen molar-refractivity contribution in [2.24, 2.45) is 0 Å². The lowest BCUT2D eigenvalue weighted by Crippen LogP contribution is -2.27. The van der Waals surface area contributed by atoms with Gasteiger partial charge in [0.25, 0.3) is 0 Å². The van der Waals surface area contributed by atoms with E-state index in [0.29, 0.717) is 12.1 Å². The summed E-state index contributed by atoms with van der Waals surface area (Å²) in [4.78, 5) is 2.16. The van der Waals surface area contributed by atoms with E-state index >= 15 is 0 Å². The second-order valence-electron chi connectivity index (χ2n) is 4.18. The molecule has 0 aromatic heterocycles. The Labute approximate surface area is 103 Å². The molecule has 0 heterocycles. The van der Waals surface area contributed by atoms with Crippen LogP contribution in [0.25, 0.3) is 0 Å². The van der Waals surface area contributed by atoms with Crippen LogP contribution in [0.2, 0.25) is 0 Å². The molecular weight excluding hydrogens is 212 g/mol. The van der Waals surface area contributed by atoms with E-state index in [0.717, 1.165) is 30.6 Å². The molecule has 3 nitrogen and oxygen atoms in total. The first-order valence-electron chi connectivity index (χ1n) is 6.09. The van der Waals surface area contributed by atoms with Gasteiger partial charge in [-0.1, -0.05) is 13.3 Å². The molecule has 1 N–H and O–H groups in total. The fourth-order valence-electron chi connectivity index (χ4n) is 1.81. The van der Waals surface area contributed by atoms with E-state index in [4.69, 9.17) is 10.4 Å². The molecule has 0 amide bonds. The molecule has 0 saturated carbocycles. The molecule has 0 radical (unpaired) electrons. The van der Waals surface area contributed by atoms with E-state index in [1.807, 2.05) is 25.1 Å². The highest BCUT2D eigenvalue weighted by Gasteiger charge is 2.07. The van der Waals surface area contributed by atoms with Crippen LogP contribution in [-0.4, -0.2) is 24.8 Å². The number of hydrogen-bond donors (Lipinski definition) is 1. The maximum Gasteiger partial charge on any atom is 0.0994 e. The molecule has 0 fully saturated rings. The normalized spacial score (nSPS) is 10.0. The molecule has 0 bridgehead atoms. The van der Waals surface area contributed by atoms with Crippen molar-refractivity contribution in [1.82, 2.24) is 0 Å². The van der Waals surface area contributed by atoms with Crippen LogP contribution in [0, 0.1) is 18.3 Å². The molecule has 3 heteroatoms. The number of aryl methyl sites for hydroxylation is 1. The van der Waals surface area contributed by atoms with Crippen LogP contribution in [0.15, 0.2) is 18.2 Å². The molecule has 0 aliphatic carbocycles. The van der Waals surface area contributed by atoms with Crippen molar-refractivity contribution < 1.29 is 5.11 Å². The average molecular weight is 232 g/mol. The van der Waals surface area contributed by atoms with Gasteiger partial charge >= 0.3 is 0 Å². The topological polar surface area (TPSA) is 47.3 Å². The first-order valence-corrected chi connectivity index (χ1v) is 6.09. The van der Waals surface area contributed by atoms with E-state index in [1.54, 1.807) is 0 Å². The van der Waals surface area contributed by atoms with E-state index < -0.39 is 0 Å². The molecule has 0 aliphatic rings. The minimum absolute atomic E-state index is 0.156. The van der Waals surface area contributed by atoms with Crippen molar-refractivity contribution in [2.75, 3.05) is 24.6 Å². The highest BCUT2D eigenvalue weighted by Crippen LogP contribution is 2.19. The van der Waals surface area contributed by atoms with Crippen LogP contribution in [0.1, 0.15) is 30.9 Å². The van der Waals surface area contributed by atoms with Crippen LogP contribution in [-0.2, 0) is 0 Å². The molecule has 0 saturated heterocycles. The summed E-state index contributed by atoms with van der Waals surface area (Å²) >= 11 is 0. The lowest BCUT2D eigenvalue weighted by atomic mass is 10.1. The van der Waals surface area contributed by atoms with E-state index in [9.17, 15) is 0 Å². The van der Waals surface area contributed by atoms with Crippen LogP contribution in [0.4, 0.5) is 5.69 Å². The van der Waals surface area contributed by atoms with Crippen LogP contribution >= 0.6 is 0 Å². The Morgan fingerprint density at radius 2 is 2.12 bits per heavy atom. The Morgan fingerprint density at radius 3 is 2.65 bits per heavy atom. The van der Waals surface area contributed by atoms with Gasteiger partial charge < -0.3 is 10.0 Å². The number of hydrogen-bond acceptors (Lipinski definition) is 3. The Balaban J connectivity index is 2.86. The quantitative estimate of drug-likeness (QED) is 0.819. The number of nitriles is 1. The Morgan fingerprint density at radius 1 is 1.35 bits per heavy atom. The first kappa shape index (κ1) is 13.5. The zero-order valence-electron chi connectivity index (χ0n) is 10.6. The maximum absolute atomic E-state index is 9.07. The second kappa shape index (κ2) is 6.93. The molecule has 92 valence electrons. The zero-order valence-corrected chi connectivity index (χ0v) is 10.6. The molecule has 0 spiro atoms. The Kier molecular flexibility index (Phi) is 5.51. The maximum atomic E-state index is 9.07. The number of rotatable bonds is 6. The summed E-state index contributed by atoms with van der Waals surface area (Å²) in [5.74, 6) is 0. The van der Waals surface area contributed by atoms with Crippen molar-refractivity contribution in [1.29, 1.82) is 5.26 Å². The largest absolute Gasteiger partial charge is 0.395 e. The summed E-state index contributed by atoms with van der Waals surface area (Å²) in [5.41, 5.74) is 2.79. The molecule has 17 heavy (non-hydrogen) atoms. The summed E-state index contributed by atoms with van der Waals surface area (Å²) in [6.07, 6.45) is 2.25. The van der Waals surface area contributed by atoms with Gasteiger partial charge in [-0.05, 0) is 37.1 Å². The molecule has 1 aromatic carbocycles. The third-order valence-corrected chi connectivity index (χ3v) is 2.85. The highest BCUT2D eigenvalue weighted by molar-refractivity contribution is 5.53. The van der Waals surface area contributed by atoms with Crippen molar-refractivity contribution >= 4 is 5.69 Å². The van der Waals surface area contributed by atoms with Crippen molar-refractivity contribution in [3.05, 3.63) is 29.3 Å². The van der Waals surface area contributed by atoms with Gasteiger partial charge in [0.1, 0.15) is 0 Å². The van der Waals surface area contributed by atoms with Gasteiger partial charge in [-0.15, -0.1) is 0 Å². The van der Waals surface area contributed by atoms with Crippen molar-refractivity contribution in [3.8, 4) is 6.07 Å². The zero-order chi connectivity index (χ0) is 12.7. The smallest absolute Gasteiger partial charge is 0.0994 e. The Hall–Kier alpha value is -1.53. The van der Waals surface area contributed by atoms with Gasteiger partial charge in [-0.3, -0.25) is 0 Å². The van der Waals surface area contributed by atoms with E-state index in [2.05, 4.69) is 17.9 Å². The minimum atomic E-state index is 0.156. The summed E-state index contributed by atoms with van der Waals surface area (Å²) in [6.45, 7) is 5.84. The summed E-state index contributed by atoms with van der Waals surface area (Å²) in [7, 11) is 0. The van der Waals surface area contributed by atoms with E-state index in [1.165, 1.54) is 0 Å². The van der Waals surface area contributed by atoms with Crippen molar-refractivity contribution in [2.45, 2.75) is 26.7 Å². The van der Waals surface area contributed by atoms with Gasteiger partial charge in [0, 0.05) is 18.8 Å². The minimum Gasteiger partial charge on any atom is -0.395 e. The van der Waals surface area contributed by atoms with Gasteiger partial charge in [-0.25, -0.2) is 0 Å². The van der Waals surface area contributed by atoms with Crippen molar-refractivity contribution in [3.63, 3.8) is 0 Å². The van der Waals surface area contributed by atoms with Gasteiger partial charge in [0.2, 0.25) is 0 Å². The fraction of sp³-hybridized carbons (Fsp3) is 0.500. The van der Waals surface area contributed by atoms with Crippen LogP contribution in [0.3, 0.4) is 0 Å². The van der Waals surface area contributed by atoms with Gasteiger partial charge in [0.15, 0.2) is 0 Å². The Bertz CT molecular complexity index is 396. The van der Waals surface area contributed by atoms with Crippen LogP contribution in [0.5, 0.6) is 0 Å². The number of unbranched alkanes of at least 4 members (excludes halogenated alkanes) is 1.